The van der Waals surface area contributed by atoms with E-state index in [9.17, 15) is 15.1 Å². The van der Waals surface area contributed by atoms with Gasteiger partial charge in [0.2, 0.25) is 0 Å². The number of nitrogens with zero attached hydrogens (tertiary/aromatic N) is 3. The zero-order valence-corrected chi connectivity index (χ0v) is 14.5. The molecule has 1 aliphatic carbocycles. The van der Waals surface area contributed by atoms with Crippen LogP contribution in [0.3, 0.4) is 0 Å². The maximum Gasteiger partial charge on any atom is 0.552 e. The van der Waals surface area contributed by atoms with E-state index in [0.717, 1.165) is 24.8 Å². The van der Waals surface area contributed by atoms with Crippen LogP contribution in [0.5, 0.6) is 5.75 Å². The second-order valence-corrected chi connectivity index (χ2v) is 6.71. The molecule has 1 aromatic heterocycles. The zero-order valence-electron chi connectivity index (χ0n) is 14.5. The van der Waals surface area contributed by atoms with Crippen LogP contribution in [0.15, 0.2) is 30.4 Å². The molecule has 2 aromatic rings. The van der Waals surface area contributed by atoms with Gasteiger partial charge in [0.05, 0.1) is 18.0 Å². The van der Waals surface area contributed by atoms with Crippen molar-refractivity contribution in [2.24, 2.45) is 11.7 Å². The van der Waals surface area contributed by atoms with E-state index in [1.165, 1.54) is 5.98 Å². The maximum atomic E-state index is 11.9. The van der Waals surface area contributed by atoms with Gasteiger partial charge in [-0.3, -0.25) is 9.48 Å². The summed E-state index contributed by atoms with van der Waals surface area (Å²) in [5.41, 5.74) is 7.29. The average Bonchev–Trinajstić information content (AvgIpc) is 3.28. The lowest BCUT2D eigenvalue weighted by molar-refractivity contribution is 0.100. The number of benzene rings is 1. The highest BCUT2D eigenvalue weighted by atomic mass is 16.5. The molecular weight excluding hydrogens is 345 g/mol. The summed E-state index contributed by atoms with van der Waals surface area (Å²) in [6, 6.07) is 7.59. The van der Waals surface area contributed by atoms with Gasteiger partial charge in [0, 0.05) is 17.4 Å². The number of nitriles is 1. The van der Waals surface area contributed by atoms with Crippen LogP contribution in [0.2, 0.25) is 0 Å². The molecule has 8 nitrogen and oxygen atoms in total. The molecule has 1 aromatic carbocycles. The van der Waals surface area contributed by atoms with Crippen LogP contribution >= 0.6 is 0 Å². The predicted molar refractivity (Wildman–Crippen MR) is 100 cm³/mol. The van der Waals surface area contributed by atoms with Gasteiger partial charge in [0.15, 0.2) is 5.82 Å². The van der Waals surface area contributed by atoms with E-state index in [1.54, 1.807) is 29.1 Å². The van der Waals surface area contributed by atoms with Gasteiger partial charge in [-0.15, -0.1) is 0 Å². The minimum Gasteiger partial charge on any atom is -0.532 e. The molecule has 2 heterocycles. The van der Waals surface area contributed by atoms with Crippen molar-refractivity contribution in [1.29, 1.82) is 5.26 Å². The predicted octanol–water partition coefficient (Wildman–Crippen LogP) is 2.02. The number of nitrogens with two attached hydrogens (primary N) is 1. The number of primary amides is 1. The van der Waals surface area contributed by atoms with Crippen LogP contribution in [0.1, 0.15) is 41.2 Å². The van der Waals surface area contributed by atoms with Crippen molar-refractivity contribution >= 4 is 30.6 Å². The van der Waals surface area contributed by atoms with Crippen molar-refractivity contribution in [2.45, 2.75) is 25.3 Å². The highest BCUT2D eigenvalue weighted by Crippen LogP contribution is 2.36. The Morgan fingerprint density at radius 2 is 2.33 bits per heavy atom. The van der Waals surface area contributed by atoms with Crippen molar-refractivity contribution in [2.75, 3.05) is 5.32 Å². The molecule has 0 spiro atoms. The number of amides is 1. The van der Waals surface area contributed by atoms with Gasteiger partial charge in [0.25, 0.3) is 5.91 Å². The molecule has 1 fully saturated rings. The van der Waals surface area contributed by atoms with Crippen molar-refractivity contribution in [3.63, 3.8) is 0 Å². The van der Waals surface area contributed by atoms with E-state index in [2.05, 4.69) is 16.5 Å². The van der Waals surface area contributed by atoms with E-state index in [1.807, 2.05) is 6.07 Å². The number of carbonyl (C=O) groups excluding carboxylic acids is 1. The first kappa shape index (κ1) is 17.2. The number of aromatic nitrogens is 2. The van der Waals surface area contributed by atoms with E-state index >= 15 is 0 Å². The Morgan fingerprint density at radius 1 is 1.48 bits per heavy atom. The second-order valence-electron chi connectivity index (χ2n) is 6.71. The van der Waals surface area contributed by atoms with E-state index < -0.39 is 13.0 Å². The third-order valence-electron chi connectivity index (χ3n) is 4.94. The average molecular weight is 363 g/mol. The summed E-state index contributed by atoms with van der Waals surface area (Å²) in [5.74, 6) is 1.76. The van der Waals surface area contributed by atoms with Crippen LogP contribution < -0.4 is 15.7 Å². The normalized spacial score (nSPS) is 20.7. The van der Waals surface area contributed by atoms with Gasteiger partial charge in [-0.25, -0.2) is 0 Å². The molecule has 2 atom stereocenters. The fourth-order valence-corrected chi connectivity index (χ4v) is 3.60. The Bertz CT molecular complexity index is 964. The number of nitrogens with one attached hydrogen (secondary N) is 1. The lowest BCUT2D eigenvalue weighted by Gasteiger charge is -2.16. The summed E-state index contributed by atoms with van der Waals surface area (Å²) in [7, 11) is -0.951. The Labute approximate surface area is 156 Å². The van der Waals surface area contributed by atoms with Gasteiger partial charge in [-0.05, 0) is 43.4 Å². The molecule has 2 aliphatic rings. The van der Waals surface area contributed by atoms with E-state index in [-0.39, 0.29) is 17.5 Å². The Kier molecular flexibility index (Phi) is 4.34. The largest absolute Gasteiger partial charge is 0.552 e. The lowest BCUT2D eigenvalue weighted by Crippen LogP contribution is -2.21. The zero-order chi connectivity index (χ0) is 19.0. The summed E-state index contributed by atoms with van der Waals surface area (Å²) < 4.78 is 6.99. The van der Waals surface area contributed by atoms with Crippen LogP contribution in [0.4, 0.5) is 11.5 Å². The number of carbonyl (C=O) groups is 1. The van der Waals surface area contributed by atoms with E-state index in [4.69, 9.17) is 10.4 Å². The SMILES string of the molecule is N#CC1CCC[C@@H]1n1cc(C(N)=O)c(Nc2ccc3c(c2)C=CB(O)O3)n1. The summed E-state index contributed by atoms with van der Waals surface area (Å²) in [5, 5.41) is 26.4. The Hall–Kier alpha value is -3.25. The second kappa shape index (κ2) is 6.81. The number of hydrogen-bond acceptors (Lipinski definition) is 6. The Balaban J connectivity index is 1.64. The molecular formula is C18H18BN5O3. The minimum atomic E-state index is -0.951. The van der Waals surface area contributed by atoms with Crippen molar-refractivity contribution in [1.82, 2.24) is 9.78 Å². The molecule has 27 heavy (non-hydrogen) atoms. The molecule has 0 saturated heterocycles. The summed E-state index contributed by atoms with van der Waals surface area (Å²) >= 11 is 0. The van der Waals surface area contributed by atoms with Crippen LogP contribution in [0.25, 0.3) is 6.08 Å². The first-order valence-corrected chi connectivity index (χ1v) is 8.77. The number of rotatable bonds is 4. The highest BCUT2D eigenvalue weighted by Gasteiger charge is 2.30. The molecule has 4 N–H and O–H groups in total. The lowest BCUT2D eigenvalue weighted by atomic mass is 9.86. The molecule has 1 aliphatic heterocycles. The fourth-order valence-electron chi connectivity index (χ4n) is 3.60. The standard InChI is InChI=1S/C18H18BN5O3/c20-9-12-2-1-3-15(12)24-10-14(17(21)25)18(23-24)22-13-4-5-16-11(8-13)6-7-19(26)27-16/h4-8,10,12,15,26H,1-3H2,(H2,21,25)(H,22,23)/t12?,15-/m0/s1. The summed E-state index contributed by atoms with van der Waals surface area (Å²) in [4.78, 5) is 11.9. The quantitative estimate of drug-likeness (QED) is 0.714. The van der Waals surface area contributed by atoms with E-state index in [0.29, 0.717) is 17.3 Å². The summed E-state index contributed by atoms with van der Waals surface area (Å²) in [6.07, 6.45) is 6.01. The number of hydrogen-bond donors (Lipinski definition) is 3. The maximum absolute atomic E-state index is 11.9. The minimum absolute atomic E-state index is 0.0509. The van der Waals surface area contributed by atoms with Gasteiger partial charge >= 0.3 is 7.12 Å². The third-order valence-corrected chi connectivity index (χ3v) is 4.94. The van der Waals surface area contributed by atoms with Gasteiger partial charge in [-0.2, -0.15) is 10.4 Å². The monoisotopic (exact) mass is 363 g/mol. The molecule has 0 radical (unpaired) electrons. The molecule has 1 unspecified atom stereocenters. The van der Waals surface area contributed by atoms with Crippen molar-refractivity contribution < 1.29 is 14.5 Å². The smallest absolute Gasteiger partial charge is 0.532 e. The number of anilines is 2. The van der Waals surface area contributed by atoms with Crippen LogP contribution in [0, 0.1) is 17.2 Å². The molecule has 4 rings (SSSR count). The molecule has 136 valence electrons. The molecule has 9 heteroatoms. The van der Waals surface area contributed by atoms with Crippen LogP contribution in [-0.4, -0.2) is 27.8 Å². The summed E-state index contributed by atoms with van der Waals surface area (Å²) in [6.45, 7) is 0. The first-order valence-electron chi connectivity index (χ1n) is 8.77. The van der Waals surface area contributed by atoms with Crippen molar-refractivity contribution in [3.8, 4) is 11.8 Å². The van der Waals surface area contributed by atoms with Crippen molar-refractivity contribution in [3.05, 3.63) is 41.5 Å². The van der Waals surface area contributed by atoms with Gasteiger partial charge < -0.3 is 20.7 Å². The third kappa shape index (κ3) is 3.27. The first-order chi connectivity index (χ1) is 13.0. The molecule has 1 amide bonds. The highest BCUT2D eigenvalue weighted by molar-refractivity contribution is 6.51. The van der Waals surface area contributed by atoms with Gasteiger partial charge in [0.1, 0.15) is 11.3 Å². The fraction of sp³-hybridized carbons (Fsp3) is 0.278. The number of fused-ring (bicyclic) bond motifs is 1. The molecule has 0 bridgehead atoms. The Morgan fingerprint density at radius 3 is 3.11 bits per heavy atom. The van der Waals surface area contributed by atoms with Gasteiger partial charge in [-0.1, -0.05) is 6.08 Å². The molecule has 1 saturated carbocycles. The van der Waals surface area contributed by atoms with Crippen LogP contribution in [-0.2, 0) is 0 Å². The topological polar surface area (TPSA) is 126 Å².